The first-order chi connectivity index (χ1) is 11.9. The van der Waals surface area contributed by atoms with Crippen molar-refractivity contribution in [3.63, 3.8) is 0 Å². The lowest BCUT2D eigenvalue weighted by Crippen LogP contribution is -2.51. The van der Waals surface area contributed by atoms with Crippen molar-refractivity contribution in [3.05, 3.63) is 66.2 Å². The molecule has 2 nitrogen and oxygen atoms in total. The van der Waals surface area contributed by atoms with Gasteiger partial charge in [0.25, 0.3) is 0 Å². The lowest BCUT2D eigenvalue weighted by atomic mass is 9.84. The summed E-state index contributed by atoms with van der Waals surface area (Å²) in [7, 11) is 0. The molecule has 0 N–H and O–H groups in total. The molecule has 0 radical (unpaired) electrons. The summed E-state index contributed by atoms with van der Waals surface area (Å²) in [6, 6.07) is 21.1. The van der Waals surface area contributed by atoms with Gasteiger partial charge >= 0.3 is 0 Å². The maximum atomic E-state index is 6.60. The predicted octanol–water partition coefficient (Wildman–Crippen LogP) is 5.19. The van der Waals surface area contributed by atoms with E-state index in [9.17, 15) is 0 Å². The van der Waals surface area contributed by atoms with Crippen LogP contribution in [0, 0.1) is 5.41 Å². The summed E-state index contributed by atoms with van der Waals surface area (Å²) in [6.07, 6.45) is 3.13. The number of likely N-dealkylation sites (tertiary alicyclic amines) is 1. The van der Waals surface area contributed by atoms with Crippen LogP contribution in [0.15, 0.2) is 60.7 Å². The van der Waals surface area contributed by atoms with E-state index in [4.69, 9.17) is 4.74 Å². The Morgan fingerprint density at radius 1 is 0.880 bits per heavy atom. The monoisotopic (exact) mass is 337 g/mol. The fourth-order valence-electron chi connectivity index (χ4n) is 3.81. The van der Waals surface area contributed by atoms with Gasteiger partial charge in [0.2, 0.25) is 0 Å². The molecule has 3 rings (SSSR count). The number of hydrogen-bond donors (Lipinski definition) is 0. The van der Waals surface area contributed by atoms with Crippen LogP contribution in [-0.4, -0.2) is 30.1 Å². The Morgan fingerprint density at radius 3 is 2.00 bits per heavy atom. The van der Waals surface area contributed by atoms with Gasteiger partial charge in [-0.25, -0.2) is 0 Å². The largest absolute Gasteiger partial charge is 0.487 e. The summed E-state index contributed by atoms with van der Waals surface area (Å²) in [4.78, 5) is 2.59. The second kappa shape index (κ2) is 7.61. The molecule has 2 aromatic carbocycles. The van der Waals surface area contributed by atoms with Crippen LogP contribution in [0.4, 0.5) is 0 Å². The van der Waals surface area contributed by atoms with Gasteiger partial charge in [-0.05, 0) is 23.1 Å². The Labute approximate surface area is 152 Å². The van der Waals surface area contributed by atoms with Crippen LogP contribution in [-0.2, 0) is 6.42 Å². The van der Waals surface area contributed by atoms with Gasteiger partial charge in [0.1, 0.15) is 11.4 Å². The average Bonchev–Trinajstić information content (AvgIpc) is 2.58. The molecule has 0 atom stereocenters. The number of piperidine rings is 1. The number of hydrogen-bond acceptors (Lipinski definition) is 2. The quantitative estimate of drug-likeness (QED) is 0.744. The summed E-state index contributed by atoms with van der Waals surface area (Å²) >= 11 is 0. The zero-order chi connectivity index (χ0) is 17.8. The van der Waals surface area contributed by atoms with Crippen molar-refractivity contribution in [2.75, 3.05) is 19.6 Å². The third-order valence-electron chi connectivity index (χ3n) is 4.91. The van der Waals surface area contributed by atoms with E-state index < -0.39 is 0 Å². The second-order valence-corrected chi connectivity index (χ2v) is 8.60. The molecule has 0 bridgehead atoms. The summed E-state index contributed by atoms with van der Waals surface area (Å²) < 4.78 is 6.60. The lowest BCUT2D eigenvalue weighted by molar-refractivity contribution is -0.00585. The molecule has 1 heterocycles. The van der Waals surface area contributed by atoms with Gasteiger partial charge in [0, 0.05) is 38.9 Å². The first kappa shape index (κ1) is 18.0. The maximum Gasteiger partial charge on any atom is 0.120 e. The van der Waals surface area contributed by atoms with Crippen LogP contribution in [0.2, 0.25) is 0 Å². The molecule has 134 valence electrons. The fourth-order valence-corrected chi connectivity index (χ4v) is 3.81. The van der Waals surface area contributed by atoms with Gasteiger partial charge in [0.15, 0.2) is 0 Å². The van der Waals surface area contributed by atoms with Gasteiger partial charge in [-0.1, -0.05) is 69.3 Å². The fraction of sp³-hybridized carbons (Fsp3) is 0.478. The molecule has 2 heteroatoms. The lowest BCUT2D eigenvalue weighted by Gasteiger charge is -2.43. The van der Waals surface area contributed by atoms with Gasteiger partial charge in [-0.15, -0.1) is 0 Å². The summed E-state index contributed by atoms with van der Waals surface area (Å²) in [6.45, 7) is 10.3. The standard InChI is InChI=1S/C23H31NO/c1-22(2,3)19-24-16-14-23(15-17-24,18-20-10-6-4-7-11-20)25-21-12-8-5-9-13-21/h4-13H,14-19H2,1-3H3. The van der Waals surface area contributed by atoms with Crippen LogP contribution in [0.25, 0.3) is 0 Å². The highest BCUT2D eigenvalue weighted by atomic mass is 16.5. The molecule has 1 aliphatic heterocycles. The highest BCUT2D eigenvalue weighted by Crippen LogP contribution is 2.33. The van der Waals surface area contributed by atoms with Crippen molar-refractivity contribution in [1.29, 1.82) is 0 Å². The summed E-state index contributed by atoms with van der Waals surface area (Å²) in [5.74, 6) is 0.989. The van der Waals surface area contributed by atoms with E-state index >= 15 is 0 Å². The molecule has 0 saturated carbocycles. The van der Waals surface area contributed by atoms with Gasteiger partial charge in [-0.3, -0.25) is 0 Å². The number of nitrogens with zero attached hydrogens (tertiary/aromatic N) is 1. The van der Waals surface area contributed by atoms with Crippen molar-refractivity contribution in [2.24, 2.45) is 5.41 Å². The van der Waals surface area contributed by atoms with Gasteiger partial charge in [-0.2, -0.15) is 0 Å². The molecule has 0 aromatic heterocycles. The highest BCUT2D eigenvalue weighted by molar-refractivity contribution is 5.24. The van der Waals surface area contributed by atoms with E-state index in [0.717, 1.165) is 44.6 Å². The smallest absolute Gasteiger partial charge is 0.120 e. The van der Waals surface area contributed by atoms with E-state index in [-0.39, 0.29) is 5.60 Å². The molecule has 0 amide bonds. The predicted molar refractivity (Wildman–Crippen MR) is 105 cm³/mol. The minimum absolute atomic E-state index is 0.100. The third-order valence-corrected chi connectivity index (χ3v) is 4.91. The van der Waals surface area contributed by atoms with Crippen LogP contribution in [0.1, 0.15) is 39.2 Å². The Kier molecular flexibility index (Phi) is 5.48. The zero-order valence-electron chi connectivity index (χ0n) is 15.9. The molecule has 2 aromatic rings. The summed E-state index contributed by atoms with van der Waals surface area (Å²) in [5, 5.41) is 0. The first-order valence-electron chi connectivity index (χ1n) is 9.45. The molecule has 25 heavy (non-hydrogen) atoms. The molecule has 1 aliphatic rings. The van der Waals surface area contributed by atoms with Crippen molar-refractivity contribution in [1.82, 2.24) is 4.90 Å². The SMILES string of the molecule is CC(C)(C)CN1CCC(Cc2ccccc2)(Oc2ccccc2)CC1. The van der Waals surface area contributed by atoms with Crippen LogP contribution in [0.5, 0.6) is 5.75 Å². The van der Waals surface area contributed by atoms with Crippen molar-refractivity contribution in [2.45, 2.75) is 45.6 Å². The van der Waals surface area contributed by atoms with E-state index in [0.29, 0.717) is 5.41 Å². The average molecular weight is 338 g/mol. The minimum atomic E-state index is -0.100. The normalized spacial score (nSPS) is 18.0. The molecule has 0 spiro atoms. The number of ether oxygens (including phenoxy) is 1. The Morgan fingerprint density at radius 2 is 1.44 bits per heavy atom. The highest BCUT2D eigenvalue weighted by Gasteiger charge is 2.37. The molecule has 0 unspecified atom stereocenters. The maximum absolute atomic E-state index is 6.60. The molecule has 1 fully saturated rings. The van der Waals surface area contributed by atoms with E-state index in [2.05, 4.69) is 80.3 Å². The van der Waals surface area contributed by atoms with Crippen LogP contribution < -0.4 is 4.74 Å². The molecular formula is C23H31NO. The van der Waals surface area contributed by atoms with Gasteiger partial charge < -0.3 is 9.64 Å². The molecular weight excluding hydrogens is 306 g/mol. The topological polar surface area (TPSA) is 12.5 Å². The van der Waals surface area contributed by atoms with Crippen molar-refractivity contribution in [3.8, 4) is 5.75 Å². The van der Waals surface area contributed by atoms with Crippen molar-refractivity contribution < 1.29 is 4.74 Å². The van der Waals surface area contributed by atoms with Gasteiger partial charge in [0.05, 0.1) is 0 Å². The summed E-state index contributed by atoms with van der Waals surface area (Å²) in [5.41, 5.74) is 1.61. The third kappa shape index (κ3) is 5.34. The van der Waals surface area contributed by atoms with Crippen LogP contribution in [0.3, 0.4) is 0 Å². The van der Waals surface area contributed by atoms with Crippen molar-refractivity contribution >= 4 is 0 Å². The zero-order valence-corrected chi connectivity index (χ0v) is 15.9. The minimum Gasteiger partial charge on any atom is -0.487 e. The Hall–Kier alpha value is -1.80. The number of rotatable bonds is 5. The van der Waals surface area contributed by atoms with Crippen LogP contribution >= 0.6 is 0 Å². The Bertz CT molecular complexity index is 593. The molecule has 1 saturated heterocycles. The van der Waals surface area contributed by atoms with E-state index in [1.807, 2.05) is 6.07 Å². The second-order valence-electron chi connectivity index (χ2n) is 8.60. The van der Waals surface area contributed by atoms with E-state index in [1.165, 1.54) is 5.56 Å². The first-order valence-corrected chi connectivity index (χ1v) is 9.45. The number of benzene rings is 2. The molecule has 0 aliphatic carbocycles. The Balaban J connectivity index is 1.74. The number of para-hydroxylation sites is 1. The van der Waals surface area contributed by atoms with E-state index in [1.54, 1.807) is 0 Å².